The number of anilines is 1. The molecule has 1 rings (SSSR count). The second kappa shape index (κ2) is 4.91. The largest absolute Gasteiger partial charge is 0.504 e. The van der Waals surface area contributed by atoms with Gasteiger partial charge in [0.1, 0.15) is 0 Å². The Morgan fingerprint density at radius 2 is 1.67 bits per heavy atom. The van der Waals surface area contributed by atoms with E-state index in [0.717, 1.165) is 24.3 Å². The average Bonchev–Trinajstić information content (AvgIpc) is 2.25. The van der Waals surface area contributed by atoms with Crippen LogP contribution in [0.3, 0.4) is 0 Å². The van der Waals surface area contributed by atoms with Crippen molar-refractivity contribution in [3.63, 3.8) is 0 Å². The highest BCUT2D eigenvalue weighted by Crippen LogP contribution is 2.36. The van der Waals surface area contributed by atoms with Gasteiger partial charge in [0.15, 0.2) is 11.5 Å². The highest BCUT2D eigenvalue weighted by Gasteiger charge is 2.13. The smallest absolute Gasteiger partial charge is 0.162 e. The molecule has 0 fully saturated rings. The summed E-state index contributed by atoms with van der Waals surface area (Å²) in [5.74, 6) is -0.0235. The van der Waals surface area contributed by atoms with E-state index in [-0.39, 0.29) is 11.5 Å². The van der Waals surface area contributed by atoms with Gasteiger partial charge in [0.25, 0.3) is 0 Å². The molecule has 0 aromatic heterocycles. The number of phenolic OH excluding ortho intramolecular Hbond substituents is 2. The van der Waals surface area contributed by atoms with Gasteiger partial charge in [0, 0.05) is 24.3 Å². The first-order chi connectivity index (χ1) is 7.15. The van der Waals surface area contributed by atoms with Crippen LogP contribution in [0, 0.1) is 0 Å². The van der Waals surface area contributed by atoms with E-state index in [1.807, 2.05) is 13.0 Å². The zero-order valence-corrected chi connectivity index (χ0v) is 9.62. The summed E-state index contributed by atoms with van der Waals surface area (Å²) in [7, 11) is 0. The van der Waals surface area contributed by atoms with Gasteiger partial charge >= 0.3 is 0 Å². The lowest BCUT2D eigenvalue weighted by Crippen LogP contribution is -2.23. The molecule has 0 saturated carbocycles. The first-order valence-corrected chi connectivity index (χ1v) is 5.44. The normalized spacial score (nSPS) is 10.3. The molecule has 0 heterocycles. The van der Waals surface area contributed by atoms with E-state index in [9.17, 15) is 10.2 Å². The topological polar surface area (TPSA) is 43.7 Å². The van der Waals surface area contributed by atoms with Crippen molar-refractivity contribution in [1.29, 1.82) is 0 Å². The quantitative estimate of drug-likeness (QED) is 0.749. The molecule has 0 saturated heterocycles. The van der Waals surface area contributed by atoms with Crippen molar-refractivity contribution in [1.82, 2.24) is 0 Å². The van der Waals surface area contributed by atoms with Crippen LogP contribution >= 0.6 is 0 Å². The molecule has 0 aliphatic rings. The summed E-state index contributed by atoms with van der Waals surface area (Å²) in [6.07, 6.45) is 0.714. The van der Waals surface area contributed by atoms with Crippen molar-refractivity contribution in [3.05, 3.63) is 17.7 Å². The third-order valence-corrected chi connectivity index (χ3v) is 2.69. The van der Waals surface area contributed by atoms with Crippen molar-refractivity contribution in [2.75, 3.05) is 18.0 Å². The molecule has 0 aliphatic heterocycles. The van der Waals surface area contributed by atoms with Crippen LogP contribution < -0.4 is 4.90 Å². The Balaban J connectivity index is 3.23. The van der Waals surface area contributed by atoms with Crippen LogP contribution in [-0.4, -0.2) is 23.3 Å². The molecule has 0 bridgehead atoms. The van der Waals surface area contributed by atoms with Gasteiger partial charge in [-0.15, -0.1) is 0 Å². The van der Waals surface area contributed by atoms with Gasteiger partial charge < -0.3 is 15.1 Å². The maximum Gasteiger partial charge on any atom is 0.162 e. The van der Waals surface area contributed by atoms with Crippen LogP contribution in [0.5, 0.6) is 11.5 Å². The molecule has 84 valence electrons. The number of hydrogen-bond acceptors (Lipinski definition) is 3. The molecule has 0 radical (unpaired) electrons. The molecule has 1 aromatic rings. The van der Waals surface area contributed by atoms with Crippen molar-refractivity contribution in [2.24, 2.45) is 0 Å². The molecule has 3 nitrogen and oxygen atoms in total. The summed E-state index contributed by atoms with van der Waals surface area (Å²) in [5.41, 5.74) is 1.83. The zero-order chi connectivity index (χ0) is 11.4. The maximum absolute atomic E-state index is 9.74. The first kappa shape index (κ1) is 11.7. The molecule has 0 aliphatic carbocycles. The standard InChI is InChI=1S/C12H19NO2/c1-4-9-10(13(5-2)6-3)7-8-11(14)12(9)15/h7-8,14-15H,4-6H2,1-3H3. The van der Waals surface area contributed by atoms with Crippen molar-refractivity contribution in [2.45, 2.75) is 27.2 Å². The van der Waals surface area contributed by atoms with Gasteiger partial charge in [-0.3, -0.25) is 0 Å². The van der Waals surface area contributed by atoms with Crippen LogP contribution in [0.15, 0.2) is 12.1 Å². The lowest BCUT2D eigenvalue weighted by atomic mass is 10.1. The SMILES string of the molecule is CCc1c(N(CC)CC)ccc(O)c1O. The Hall–Kier alpha value is -1.38. The van der Waals surface area contributed by atoms with Crippen molar-refractivity contribution < 1.29 is 10.2 Å². The highest BCUT2D eigenvalue weighted by atomic mass is 16.3. The Morgan fingerprint density at radius 1 is 1.07 bits per heavy atom. The third kappa shape index (κ3) is 2.17. The third-order valence-electron chi connectivity index (χ3n) is 2.69. The van der Waals surface area contributed by atoms with Crippen molar-refractivity contribution >= 4 is 5.69 Å². The summed E-state index contributed by atoms with van der Waals surface area (Å²) in [4.78, 5) is 2.16. The zero-order valence-electron chi connectivity index (χ0n) is 9.62. The fraction of sp³-hybridized carbons (Fsp3) is 0.500. The van der Waals surface area contributed by atoms with Crippen LogP contribution in [-0.2, 0) is 6.42 Å². The average molecular weight is 209 g/mol. The number of aromatic hydroxyl groups is 2. The highest BCUT2D eigenvalue weighted by molar-refractivity contribution is 5.63. The molecule has 3 heteroatoms. The van der Waals surface area contributed by atoms with Gasteiger partial charge in [-0.25, -0.2) is 0 Å². The summed E-state index contributed by atoms with van der Waals surface area (Å²) in [6.45, 7) is 7.92. The number of benzene rings is 1. The minimum atomic E-state index is -0.0391. The lowest BCUT2D eigenvalue weighted by molar-refractivity contribution is 0.400. The fourth-order valence-electron chi connectivity index (χ4n) is 1.82. The summed E-state index contributed by atoms with van der Waals surface area (Å²) >= 11 is 0. The molecule has 1 aromatic carbocycles. The number of rotatable bonds is 4. The van der Waals surface area contributed by atoms with Crippen LogP contribution in [0.4, 0.5) is 5.69 Å². The predicted octanol–water partition coefficient (Wildman–Crippen LogP) is 2.51. The second-order valence-corrected chi connectivity index (χ2v) is 3.46. The molecule has 2 N–H and O–H groups in total. The van der Waals surface area contributed by atoms with Crippen LogP contribution in [0.2, 0.25) is 0 Å². The molecule has 15 heavy (non-hydrogen) atoms. The van der Waals surface area contributed by atoms with E-state index in [2.05, 4.69) is 18.7 Å². The summed E-state index contributed by atoms with van der Waals surface area (Å²) < 4.78 is 0. The summed E-state index contributed by atoms with van der Waals surface area (Å²) in [6, 6.07) is 3.41. The van der Waals surface area contributed by atoms with E-state index in [4.69, 9.17) is 0 Å². The number of nitrogens with zero attached hydrogens (tertiary/aromatic N) is 1. The van der Waals surface area contributed by atoms with Crippen LogP contribution in [0.25, 0.3) is 0 Å². The van der Waals surface area contributed by atoms with Crippen LogP contribution in [0.1, 0.15) is 26.3 Å². The Bertz CT molecular complexity index is 333. The first-order valence-electron chi connectivity index (χ1n) is 5.44. The van der Waals surface area contributed by atoms with Gasteiger partial charge in [0.2, 0.25) is 0 Å². The van der Waals surface area contributed by atoms with E-state index in [1.54, 1.807) is 6.07 Å². The Kier molecular flexibility index (Phi) is 3.83. The van der Waals surface area contributed by atoms with E-state index < -0.39 is 0 Å². The molecular weight excluding hydrogens is 190 g/mol. The maximum atomic E-state index is 9.74. The minimum absolute atomic E-state index is 0.0156. The van der Waals surface area contributed by atoms with E-state index in [1.165, 1.54) is 0 Å². The van der Waals surface area contributed by atoms with Gasteiger partial charge in [0.05, 0.1) is 0 Å². The van der Waals surface area contributed by atoms with E-state index >= 15 is 0 Å². The molecular formula is C12H19NO2. The Labute approximate surface area is 91.0 Å². The second-order valence-electron chi connectivity index (χ2n) is 3.46. The fourth-order valence-corrected chi connectivity index (χ4v) is 1.82. The van der Waals surface area contributed by atoms with Gasteiger partial charge in [-0.05, 0) is 32.4 Å². The monoisotopic (exact) mass is 209 g/mol. The lowest BCUT2D eigenvalue weighted by Gasteiger charge is -2.24. The predicted molar refractivity (Wildman–Crippen MR) is 62.7 cm³/mol. The molecule has 0 spiro atoms. The number of hydrogen-bond donors (Lipinski definition) is 2. The van der Waals surface area contributed by atoms with Gasteiger partial charge in [-0.1, -0.05) is 6.92 Å². The summed E-state index contributed by atoms with van der Waals surface area (Å²) in [5, 5.41) is 19.2. The molecule has 0 amide bonds. The number of phenols is 2. The molecule has 0 atom stereocenters. The van der Waals surface area contributed by atoms with Gasteiger partial charge in [-0.2, -0.15) is 0 Å². The van der Waals surface area contributed by atoms with E-state index in [0.29, 0.717) is 6.42 Å². The van der Waals surface area contributed by atoms with Crippen molar-refractivity contribution in [3.8, 4) is 11.5 Å². The molecule has 0 unspecified atom stereocenters. The Morgan fingerprint density at radius 3 is 2.13 bits per heavy atom. The minimum Gasteiger partial charge on any atom is -0.504 e.